The van der Waals surface area contributed by atoms with Crippen LogP contribution in [0.3, 0.4) is 0 Å². The molecule has 1 saturated heterocycles. The fourth-order valence-corrected chi connectivity index (χ4v) is 4.40. The van der Waals surface area contributed by atoms with E-state index in [0.29, 0.717) is 11.9 Å². The van der Waals surface area contributed by atoms with E-state index in [1.165, 1.54) is 56.1 Å². The van der Waals surface area contributed by atoms with Gasteiger partial charge in [-0.25, -0.2) is 0 Å². The largest absolute Gasteiger partial charge is 0.353 e. The number of piperidine rings is 1. The quantitative estimate of drug-likeness (QED) is 0.877. The molecule has 0 bridgehead atoms. The maximum atomic E-state index is 12.8. The number of aryl methyl sites for hydroxylation is 1. The average Bonchev–Trinajstić information content (AvgIpc) is 2.57. The van der Waals surface area contributed by atoms with E-state index in [2.05, 4.69) is 41.4 Å². The number of rotatable bonds is 4. The Morgan fingerprint density at radius 3 is 2.60 bits per heavy atom. The van der Waals surface area contributed by atoms with Crippen LogP contribution < -0.4 is 5.32 Å². The molecular formula is C22H34N2O. The van der Waals surface area contributed by atoms with Crippen LogP contribution in [-0.2, 0) is 11.3 Å². The molecule has 1 aliphatic heterocycles. The van der Waals surface area contributed by atoms with Crippen LogP contribution in [0.1, 0.15) is 68.9 Å². The Morgan fingerprint density at radius 1 is 1.08 bits per heavy atom. The Morgan fingerprint density at radius 2 is 1.84 bits per heavy atom. The highest BCUT2D eigenvalue weighted by Gasteiger charge is 2.27. The van der Waals surface area contributed by atoms with Gasteiger partial charge in [-0.1, -0.05) is 61.9 Å². The highest BCUT2D eigenvalue weighted by molar-refractivity contribution is 5.79. The first-order chi connectivity index (χ1) is 12.2. The number of hydrogen-bond acceptors (Lipinski definition) is 2. The fraction of sp³-hybridized carbons (Fsp3) is 0.682. The minimum absolute atomic E-state index is 0.170. The predicted molar refractivity (Wildman–Crippen MR) is 103 cm³/mol. The van der Waals surface area contributed by atoms with Gasteiger partial charge in [-0.15, -0.1) is 0 Å². The monoisotopic (exact) mass is 342 g/mol. The third-order valence-corrected chi connectivity index (χ3v) is 5.82. The Labute approximate surface area is 153 Å². The molecule has 1 atom stereocenters. The molecule has 0 radical (unpaired) electrons. The topological polar surface area (TPSA) is 32.3 Å². The zero-order valence-electron chi connectivity index (χ0n) is 15.8. The lowest BCUT2D eigenvalue weighted by Gasteiger charge is -2.33. The van der Waals surface area contributed by atoms with Gasteiger partial charge in [0.25, 0.3) is 0 Å². The van der Waals surface area contributed by atoms with Gasteiger partial charge in [-0.05, 0) is 44.7 Å². The van der Waals surface area contributed by atoms with Gasteiger partial charge in [0.2, 0.25) is 5.91 Å². The summed E-state index contributed by atoms with van der Waals surface area (Å²) in [7, 11) is 0. The molecule has 1 saturated carbocycles. The van der Waals surface area contributed by atoms with Gasteiger partial charge in [0.1, 0.15) is 0 Å². The standard InChI is InChI=1S/C22H34N2O/c1-18-9-7-10-19(15-18)16-24-14-8-11-20(17-24)22(25)23-21-12-5-3-2-4-6-13-21/h7,9-10,15,20-21H,2-6,8,11-14,16-17H2,1H3,(H,23,25). The van der Waals surface area contributed by atoms with Gasteiger partial charge < -0.3 is 5.32 Å². The van der Waals surface area contributed by atoms with Gasteiger partial charge in [0, 0.05) is 19.1 Å². The van der Waals surface area contributed by atoms with Crippen molar-refractivity contribution in [3.05, 3.63) is 35.4 Å². The van der Waals surface area contributed by atoms with Crippen molar-refractivity contribution in [1.29, 1.82) is 0 Å². The third kappa shape index (κ3) is 5.85. The molecule has 3 rings (SSSR count). The average molecular weight is 343 g/mol. The van der Waals surface area contributed by atoms with E-state index in [1.54, 1.807) is 0 Å². The molecule has 1 aromatic carbocycles. The second-order valence-electron chi connectivity index (χ2n) is 8.11. The minimum atomic E-state index is 0.170. The SMILES string of the molecule is Cc1cccc(CN2CCCC(C(=O)NC3CCCCCCC3)C2)c1. The first-order valence-corrected chi connectivity index (χ1v) is 10.3. The Hall–Kier alpha value is -1.35. The van der Waals surface area contributed by atoms with Crippen molar-refractivity contribution in [1.82, 2.24) is 10.2 Å². The van der Waals surface area contributed by atoms with Crippen molar-refractivity contribution in [2.45, 2.75) is 77.3 Å². The molecule has 1 N–H and O–H groups in total. The first kappa shape index (κ1) is 18.4. The van der Waals surface area contributed by atoms with E-state index in [9.17, 15) is 4.79 Å². The summed E-state index contributed by atoms with van der Waals surface area (Å²) < 4.78 is 0. The molecule has 138 valence electrons. The van der Waals surface area contributed by atoms with Crippen molar-refractivity contribution in [2.24, 2.45) is 5.92 Å². The molecule has 1 unspecified atom stereocenters. The molecule has 1 heterocycles. The summed E-state index contributed by atoms with van der Waals surface area (Å²) in [5, 5.41) is 3.38. The molecule has 1 aromatic rings. The zero-order valence-corrected chi connectivity index (χ0v) is 15.8. The summed E-state index contributed by atoms with van der Waals surface area (Å²) >= 11 is 0. The summed E-state index contributed by atoms with van der Waals surface area (Å²) in [4.78, 5) is 15.2. The van der Waals surface area contributed by atoms with Crippen molar-refractivity contribution >= 4 is 5.91 Å². The lowest BCUT2D eigenvalue weighted by atomic mass is 9.93. The van der Waals surface area contributed by atoms with E-state index < -0.39 is 0 Å². The van der Waals surface area contributed by atoms with Gasteiger partial charge >= 0.3 is 0 Å². The summed E-state index contributed by atoms with van der Waals surface area (Å²) in [6.07, 6.45) is 11.1. The van der Waals surface area contributed by atoms with E-state index in [4.69, 9.17) is 0 Å². The summed E-state index contributed by atoms with van der Waals surface area (Å²) in [5.74, 6) is 0.475. The molecule has 1 amide bonds. The smallest absolute Gasteiger partial charge is 0.224 e. The highest BCUT2D eigenvalue weighted by Crippen LogP contribution is 2.21. The van der Waals surface area contributed by atoms with Gasteiger partial charge in [0.05, 0.1) is 5.92 Å². The number of carbonyl (C=O) groups is 1. The summed E-state index contributed by atoms with van der Waals surface area (Å²) in [6.45, 7) is 5.13. The predicted octanol–water partition coefficient (Wildman–Crippen LogP) is 4.44. The van der Waals surface area contributed by atoms with Crippen LogP contribution in [0.2, 0.25) is 0 Å². The maximum Gasteiger partial charge on any atom is 0.224 e. The van der Waals surface area contributed by atoms with Crippen molar-refractivity contribution < 1.29 is 4.79 Å². The van der Waals surface area contributed by atoms with Crippen molar-refractivity contribution in [2.75, 3.05) is 13.1 Å². The molecule has 2 aliphatic rings. The Balaban J connectivity index is 1.50. The number of hydrogen-bond donors (Lipinski definition) is 1. The Bertz CT molecular complexity index is 549. The molecule has 3 nitrogen and oxygen atoms in total. The van der Waals surface area contributed by atoms with Gasteiger partial charge in [0.15, 0.2) is 0 Å². The number of carbonyl (C=O) groups excluding carboxylic acids is 1. The van der Waals surface area contributed by atoms with Crippen LogP contribution in [0.25, 0.3) is 0 Å². The maximum absolute atomic E-state index is 12.8. The highest BCUT2D eigenvalue weighted by atomic mass is 16.2. The van der Waals surface area contributed by atoms with E-state index in [0.717, 1.165) is 32.5 Å². The van der Waals surface area contributed by atoms with Crippen LogP contribution in [0.15, 0.2) is 24.3 Å². The molecule has 1 aliphatic carbocycles. The number of likely N-dealkylation sites (tertiary alicyclic amines) is 1. The number of amides is 1. The third-order valence-electron chi connectivity index (χ3n) is 5.82. The Kier molecular flexibility index (Phi) is 6.92. The van der Waals surface area contributed by atoms with Crippen LogP contribution in [-0.4, -0.2) is 29.9 Å². The lowest BCUT2D eigenvalue weighted by molar-refractivity contribution is -0.127. The number of benzene rings is 1. The van der Waals surface area contributed by atoms with Gasteiger partial charge in [-0.3, -0.25) is 9.69 Å². The van der Waals surface area contributed by atoms with Crippen molar-refractivity contribution in [3.63, 3.8) is 0 Å². The minimum Gasteiger partial charge on any atom is -0.353 e. The number of nitrogens with zero attached hydrogens (tertiary/aromatic N) is 1. The van der Waals surface area contributed by atoms with E-state index in [1.807, 2.05) is 0 Å². The van der Waals surface area contributed by atoms with E-state index >= 15 is 0 Å². The van der Waals surface area contributed by atoms with Gasteiger partial charge in [-0.2, -0.15) is 0 Å². The van der Waals surface area contributed by atoms with E-state index in [-0.39, 0.29) is 5.92 Å². The van der Waals surface area contributed by atoms with Crippen LogP contribution in [0.4, 0.5) is 0 Å². The zero-order chi connectivity index (χ0) is 17.5. The second-order valence-corrected chi connectivity index (χ2v) is 8.11. The molecular weight excluding hydrogens is 308 g/mol. The van der Waals surface area contributed by atoms with Crippen LogP contribution >= 0.6 is 0 Å². The second kappa shape index (κ2) is 9.38. The molecule has 0 spiro atoms. The summed E-state index contributed by atoms with van der Waals surface area (Å²) in [6, 6.07) is 9.15. The molecule has 0 aromatic heterocycles. The number of nitrogens with one attached hydrogen (secondary N) is 1. The van der Waals surface area contributed by atoms with Crippen LogP contribution in [0, 0.1) is 12.8 Å². The molecule has 2 fully saturated rings. The normalized spacial score (nSPS) is 23.6. The van der Waals surface area contributed by atoms with Crippen molar-refractivity contribution in [3.8, 4) is 0 Å². The summed E-state index contributed by atoms with van der Waals surface area (Å²) in [5.41, 5.74) is 2.68. The fourth-order valence-electron chi connectivity index (χ4n) is 4.40. The first-order valence-electron chi connectivity index (χ1n) is 10.3. The molecule has 3 heteroatoms. The van der Waals surface area contributed by atoms with Crippen LogP contribution in [0.5, 0.6) is 0 Å². The molecule has 25 heavy (non-hydrogen) atoms. The lowest BCUT2D eigenvalue weighted by Crippen LogP contribution is -2.45.